The molecule has 1 aromatic carbocycles. The number of amides is 1. The SMILES string of the molecule is C=CCn1c(SCC(=O)Nc2sc(C(=O)OCC)c(C)c2C(=O)OCC)nnc1-c1ccccc1OC. The zero-order chi connectivity index (χ0) is 26.9. The number of rotatable bonds is 12. The lowest BCUT2D eigenvalue weighted by Gasteiger charge is -2.10. The smallest absolute Gasteiger partial charge is 0.348 e. The lowest BCUT2D eigenvalue weighted by molar-refractivity contribution is -0.113. The van der Waals surface area contributed by atoms with Crippen LogP contribution in [0.25, 0.3) is 11.4 Å². The highest BCUT2D eigenvalue weighted by atomic mass is 32.2. The predicted molar refractivity (Wildman–Crippen MR) is 143 cm³/mol. The number of esters is 2. The molecule has 196 valence electrons. The Morgan fingerprint density at radius 3 is 2.51 bits per heavy atom. The van der Waals surface area contributed by atoms with Gasteiger partial charge in [-0.05, 0) is 38.5 Å². The van der Waals surface area contributed by atoms with E-state index in [0.29, 0.717) is 28.8 Å². The summed E-state index contributed by atoms with van der Waals surface area (Å²) in [4.78, 5) is 38.1. The van der Waals surface area contributed by atoms with Crippen molar-refractivity contribution < 1.29 is 28.6 Å². The molecule has 10 nitrogen and oxygen atoms in total. The summed E-state index contributed by atoms with van der Waals surface area (Å²) in [5.74, 6) is -0.368. The molecule has 3 aromatic rings. The Kier molecular flexibility index (Phi) is 9.86. The molecule has 2 aromatic heterocycles. The molecule has 0 saturated heterocycles. The molecule has 0 bridgehead atoms. The number of hydrogen-bond donors (Lipinski definition) is 1. The minimum absolute atomic E-state index is 0.0187. The Bertz CT molecular complexity index is 1300. The van der Waals surface area contributed by atoms with Gasteiger partial charge < -0.3 is 19.5 Å². The van der Waals surface area contributed by atoms with E-state index in [2.05, 4.69) is 22.1 Å². The summed E-state index contributed by atoms with van der Waals surface area (Å²) in [5, 5.41) is 12.0. The number of allylic oxidation sites excluding steroid dienone is 1. The van der Waals surface area contributed by atoms with Crippen LogP contribution in [-0.4, -0.2) is 58.7 Å². The van der Waals surface area contributed by atoms with Gasteiger partial charge in [0, 0.05) is 6.54 Å². The van der Waals surface area contributed by atoms with E-state index in [4.69, 9.17) is 14.2 Å². The third-order valence-electron chi connectivity index (χ3n) is 5.05. The van der Waals surface area contributed by atoms with E-state index >= 15 is 0 Å². The Morgan fingerprint density at radius 2 is 1.84 bits per heavy atom. The van der Waals surface area contributed by atoms with E-state index in [0.717, 1.165) is 16.9 Å². The number of thiophene rings is 1. The van der Waals surface area contributed by atoms with Crippen LogP contribution in [0.15, 0.2) is 42.1 Å². The Labute approximate surface area is 223 Å². The van der Waals surface area contributed by atoms with Gasteiger partial charge in [0.05, 0.1) is 37.2 Å². The summed E-state index contributed by atoms with van der Waals surface area (Å²) in [7, 11) is 1.58. The Balaban J connectivity index is 1.82. The number of para-hydroxylation sites is 1. The standard InChI is InChI=1S/C25H28N4O6S2/c1-6-13-29-21(16-11-9-10-12-17(16)33-5)27-28-25(29)36-14-18(30)26-22-19(23(31)34-7-2)15(4)20(37-22)24(32)35-8-3/h6,9-12H,1,7-8,13-14H2,2-5H3,(H,26,30). The molecule has 0 fully saturated rings. The quantitative estimate of drug-likeness (QED) is 0.198. The van der Waals surface area contributed by atoms with Gasteiger partial charge in [-0.15, -0.1) is 28.1 Å². The van der Waals surface area contributed by atoms with Crippen molar-refractivity contribution in [2.24, 2.45) is 0 Å². The molecule has 1 amide bonds. The van der Waals surface area contributed by atoms with Gasteiger partial charge in [-0.25, -0.2) is 9.59 Å². The van der Waals surface area contributed by atoms with E-state index in [1.54, 1.807) is 34.0 Å². The summed E-state index contributed by atoms with van der Waals surface area (Å²) in [6, 6.07) is 7.44. The third kappa shape index (κ3) is 6.38. The number of aromatic nitrogens is 3. The number of carbonyl (C=O) groups is 3. The molecule has 0 atom stereocenters. The number of thioether (sulfide) groups is 1. The van der Waals surface area contributed by atoms with Gasteiger partial charge in [0.2, 0.25) is 5.91 Å². The van der Waals surface area contributed by atoms with Crippen LogP contribution in [0.3, 0.4) is 0 Å². The summed E-state index contributed by atoms with van der Waals surface area (Å²) < 4.78 is 17.5. The predicted octanol–water partition coefficient (Wildman–Crippen LogP) is 4.59. The molecule has 2 heterocycles. The molecule has 0 aliphatic rings. The van der Waals surface area contributed by atoms with Crippen molar-refractivity contribution in [3.63, 3.8) is 0 Å². The molecule has 1 N–H and O–H groups in total. The van der Waals surface area contributed by atoms with Crippen LogP contribution < -0.4 is 10.1 Å². The largest absolute Gasteiger partial charge is 0.496 e. The maximum absolute atomic E-state index is 12.9. The first-order valence-electron chi connectivity index (χ1n) is 11.4. The molecule has 3 rings (SSSR count). The highest BCUT2D eigenvalue weighted by Gasteiger charge is 2.27. The molecule has 0 aliphatic heterocycles. The highest BCUT2D eigenvalue weighted by molar-refractivity contribution is 7.99. The normalized spacial score (nSPS) is 10.6. The number of nitrogens with zero attached hydrogens (tertiary/aromatic N) is 3. The lowest BCUT2D eigenvalue weighted by atomic mass is 10.1. The van der Waals surface area contributed by atoms with E-state index in [1.165, 1.54) is 11.8 Å². The number of ether oxygens (including phenoxy) is 3. The van der Waals surface area contributed by atoms with Crippen LogP contribution in [0.4, 0.5) is 5.00 Å². The van der Waals surface area contributed by atoms with Crippen molar-refractivity contribution in [3.8, 4) is 17.1 Å². The average Bonchev–Trinajstić information content (AvgIpc) is 3.43. The fraction of sp³-hybridized carbons (Fsp3) is 0.320. The molecule has 0 radical (unpaired) electrons. The molecule has 0 saturated carbocycles. The van der Waals surface area contributed by atoms with Gasteiger partial charge >= 0.3 is 11.9 Å². The van der Waals surface area contributed by atoms with E-state index in [-0.39, 0.29) is 40.3 Å². The Hall–Kier alpha value is -3.64. The maximum atomic E-state index is 12.9. The van der Waals surface area contributed by atoms with Crippen molar-refractivity contribution in [1.29, 1.82) is 0 Å². The van der Waals surface area contributed by atoms with Gasteiger partial charge in [-0.3, -0.25) is 9.36 Å². The summed E-state index contributed by atoms with van der Waals surface area (Å²) >= 11 is 2.16. The zero-order valence-corrected chi connectivity index (χ0v) is 22.7. The second kappa shape index (κ2) is 13.1. The Morgan fingerprint density at radius 1 is 1.14 bits per heavy atom. The lowest BCUT2D eigenvalue weighted by Crippen LogP contribution is -2.17. The van der Waals surface area contributed by atoms with Gasteiger partial charge in [-0.2, -0.15) is 0 Å². The van der Waals surface area contributed by atoms with Crippen LogP contribution in [0.2, 0.25) is 0 Å². The minimum atomic E-state index is -0.623. The van der Waals surface area contributed by atoms with Gasteiger partial charge in [0.25, 0.3) is 0 Å². The molecule has 0 unspecified atom stereocenters. The highest BCUT2D eigenvalue weighted by Crippen LogP contribution is 2.35. The van der Waals surface area contributed by atoms with Crippen molar-refractivity contribution in [2.45, 2.75) is 32.5 Å². The van der Waals surface area contributed by atoms with E-state index in [1.807, 2.05) is 28.8 Å². The molecular weight excluding hydrogens is 516 g/mol. The van der Waals surface area contributed by atoms with Crippen LogP contribution in [0.5, 0.6) is 5.75 Å². The summed E-state index contributed by atoms with van der Waals surface area (Å²) in [6.45, 7) is 9.56. The second-order valence-electron chi connectivity index (χ2n) is 7.44. The summed E-state index contributed by atoms with van der Waals surface area (Å²) in [5.41, 5.74) is 1.30. The van der Waals surface area contributed by atoms with Crippen molar-refractivity contribution >= 4 is 45.9 Å². The number of anilines is 1. The van der Waals surface area contributed by atoms with Crippen molar-refractivity contribution in [1.82, 2.24) is 14.8 Å². The fourth-order valence-electron chi connectivity index (χ4n) is 3.45. The number of carbonyl (C=O) groups excluding carboxylic acids is 3. The first-order chi connectivity index (χ1) is 17.9. The molecule has 0 aliphatic carbocycles. The number of benzene rings is 1. The maximum Gasteiger partial charge on any atom is 0.348 e. The van der Waals surface area contributed by atoms with Gasteiger partial charge in [-0.1, -0.05) is 30.0 Å². The molecular formula is C25H28N4O6S2. The van der Waals surface area contributed by atoms with Crippen LogP contribution >= 0.6 is 23.1 Å². The first-order valence-corrected chi connectivity index (χ1v) is 13.2. The van der Waals surface area contributed by atoms with Gasteiger partial charge in [0.1, 0.15) is 15.6 Å². The number of nitrogens with one attached hydrogen (secondary N) is 1. The zero-order valence-electron chi connectivity index (χ0n) is 21.0. The average molecular weight is 545 g/mol. The van der Waals surface area contributed by atoms with E-state index < -0.39 is 11.9 Å². The van der Waals surface area contributed by atoms with Crippen molar-refractivity contribution in [2.75, 3.05) is 31.4 Å². The first kappa shape index (κ1) is 27.9. The third-order valence-corrected chi connectivity index (χ3v) is 7.20. The molecule has 37 heavy (non-hydrogen) atoms. The van der Waals surface area contributed by atoms with Crippen LogP contribution in [0, 0.1) is 6.92 Å². The number of methoxy groups -OCH3 is 1. The second-order valence-corrected chi connectivity index (χ2v) is 9.41. The van der Waals surface area contributed by atoms with Crippen LogP contribution in [-0.2, 0) is 20.8 Å². The molecule has 0 spiro atoms. The molecule has 12 heteroatoms. The number of hydrogen-bond acceptors (Lipinski definition) is 10. The van der Waals surface area contributed by atoms with E-state index in [9.17, 15) is 14.4 Å². The summed E-state index contributed by atoms with van der Waals surface area (Å²) in [6.07, 6.45) is 1.71. The fourth-order valence-corrected chi connectivity index (χ4v) is 5.31. The van der Waals surface area contributed by atoms with Crippen molar-refractivity contribution in [3.05, 3.63) is 52.9 Å². The van der Waals surface area contributed by atoms with Gasteiger partial charge in [0.15, 0.2) is 11.0 Å². The minimum Gasteiger partial charge on any atom is -0.496 e. The monoisotopic (exact) mass is 544 g/mol. The van der Waals surface area contributed by atoms with Crippen LogP contribution in [0.1, 0.15) is 39.4 Å². The topological polar surface area (TPSA) is 122 Å².